The van der Waals surface area contributed by atoms with Crippen LogP contribution in [0.3, 0.4) is 0 Å². The number of hydrogen-bond donors (Lipinski definition) is 0. The van der Waals surface area contributed by atoms with Crippen molar-refractivity contribution < 1.29 is 4.39 Å². The molecule has 0 bridgehead atoms. The number of rotatable bonds is 1. The predicted octanol–water partition coefficient (Wildman–Crippen LogP) is 4.52. The molecule has 68 valence electrons. The molecule has 0 aliphatic carbocycles. The molecule has 0 N–H and O–H groups in total. The fourth-order valence-electron chi connectivity index (χ4n) is 1.20. The fraction of sp³-hybridized carbons (Fsp3) is 0.111. The molecule has 1 heterocycles. The molecule has 2 rings (SSSR count). The second kappa shape index (κ2) is 3.59. The Morgan fingerprint density at radius 2 is 2.23 bits per heavy atom. The normalized spacial score (nSPS) is 11.0. The Bertz CT molecular complexity index is 450. The van der Waals surface area contributed by atoms with E-state index < -0.39 is 0 Å². The second-order valence-corrected chi connectivity index (χ2v) is 5.12. The first kappa shape index (κ1) is 9.49. The van der Waals surface area contributed by atoms with Crippen molar-refractivity contribution in [1.82, 2.24) is 0 Å². The highest BCUT2D eigenvalue weighted by Gasteiger charge is 2.10. The molecule has 0 saturated carbocycles. The largest absolute Gasteiger partial charge is 0.205 e. The van der Waals surface area contributed by atoms with E-state index in [-0.39, 0.29) is 5.82 Å². The van der Waals surface area contributed by atoms with Crippen LogP contribution in [0.1, 0.15) is 0 Å². The summed E-state index contributed by atoms with van der Waals surface area (Å²) in [7, 11) is 0. The number of halogens is 2. The van der Waals surface area contributed by atoms with E-state index in [1.807, 2.05) is 11.6 Å². The minimum absolute atomic E-state index is 0.136. The molecule has 0 fully saturated rings. The average molecular weight is 277 g/mol. The lowest BCUT2D eigenvalue weighted by molar-refractivity contribution is 0.641. The molecule has 4 heteroatoms. The van der Waals surface area contributed by atoms with E-state index in [9.17, 15) is 4.39 Å². The highest BCUT2D eigenvalue weighted by Crippen LogP contribution is 2.38. The van der Waals surface area contributed by atoms with Crippen molar-refractivity contribution in [1.29, 1.82) is 0 Å². The Hall–Kier alpha value is -0.0600. The standard InChI is InChI=1S/C9H6BrFS2/c1-12-7-4-13-9-6(11)3-2-5(10)8(7)9/h2-4H,1H3. The van der Waals surface area contributed by atoms with E-state index in [0.29, 0.717) is 0 Å². The summed E-state index contributed by atoms with van der Waals surface area (Å²) in [6.07, 6.45) is 2.00. The van der Waals surface area contributed by atoms with Crippen LogP contribution in [0, 0.1) is 5.82 Å². The Labute approximate surface area is 92.3 Å². The van der Waals surface area contributed by atoms with Crippen LogP contribution in [0.2, 0.25) is 0 Å². The summed E-state index contributed by atoms with van der Waals surface area (Å²) < 4.78 is 15.0. The minimum atomic E-state index is -0.136. The Morgan fingerprint density at radius 1 is 1.46 bits per heavy atom. The maximum atomic E-state index is 13.3. The first-order chi connectivity index (χ1) is 6.24. The highest BCUT2D eigenvalue weighted by atomic mass is 79.9. The summed E-state index contributed by atoms with van der Waals surface area (Å²) >= 11 is 6.52. The third-order valence-electron chi connectivity index (χ3n) is 1.81. The van der Waals surface area contributed by atoms with Crippen LogP contribution in [-0.4, -0.2) is 6.26 Å². The molecule has 1 aromatic heterocycles. The van der Waals surface area contributed by atoms with Crippen molar-refractivity contribution in [3.05, 3.63) is 27.8 Å². The van der Waals surface area contributed by atoms with Crippen LogP contribution in [0.4, 0.5) is 4.39 Å². The van der Waals surface area contributed by atoms with Gasteiger partial charge >= 0.3 is 0 Å². The lowest BCUT2D eigenvalue weighted by Gasteiger charge is -1.97. The molecular formula is C9H6BrFS2. The van der Waals surface area contributed by atoms with Gasteiger partial charge in [0.2, 0.25) is 0 Å². The number of benzene rings is 1. The topological polar surface area (TPSA) is 0 Å². The second-order valence-electron chi connectivity index (χ2n) is 2.54. The molecule has 13 heavy (non-hydrogen) atoms. The van der Waals surface area contributed by atoms with E-state index in [4.69, 9.17) is 0 Å². The summed E-state index contributed by atoms with van der Waals surface area (Å²) in [6, 6.07) is 3.25. The molecule has 0 aliphatic heterocycles. The average Bonchev–Trinajstić information content (AvgIpc) is 2.56. The van der Waals surface area contributed by atoms with Crippen molar-refractivity contribution >= 4 is 49.1 Å². The molecule has 0 radical (unpaired) electrons. The number of fused-ring (bicyclic) bond motifs is 1. The predicted molar refractivity (Wildman–Crippen MR) is 61.3 cm³/mol. The third-order valence-corrected chi connectivity index (χ3v) is 4.37. The molecule has 0 nitrogen and oxygen atoms in total. The van der Waals surface area contributed by atoms with Crippen molar-refractivity contribution in [2.75, 3.05) is 6.26 Å². The van der Waals surface area contributed by atoms with Crippen molar-refractivity contribution in [2.45, 2.75) is 4.90 Å². The summed E-state index contributed by atoms with van der Waals surface area (Å²) in [6.45, 7) is 0. The van der Waals surface area contributed by atoms with Gasteiger partial charge in [0.05, 0.1) is 4.70 Å². The summed E-state index contributed by atoms with van der Waals surface area (Å²) in [5.74, 6) is -0.136. The zero-order valence-corrected chi connectivity index (χ0v) is 10.0. The molecule has 1 aromatic carbocycles. The highest BCUT2D eigenvalue weighted by molar-refractivity contribution is 9.10. The SMILES string of the molecule is CSc1csc2c(F)ccc(Br)c12. The van der Waals surface area contributed by atoms with Gasteiger partial charge in [-0.1, -0.05) is 15.9 Å². The van der Waals surface area contributed by atoms with Crippen LogP contribution in [-0.2, 0) is 0 Å². The lowest BCUT2D eigenvalue weighted by Crippen LogP contribution is -1.75. The molecule has 0 unspecified atom stereocenters. The summed E-state index contributed by atoms with van der Waals surface area (Å²) in [5, 5.41) is 2.99. The first-order valence-corrected chi connectivity index (χ1v) is 6.53. The van der Waals surface area contributed by atoms with Crippen LogP contribution in [0.5, 0.6) is 0 Å². The van der Waals surface area contributed by atoms with E-state index >= 15 is 0 Å². The van der Waals surface area contributed by atoms with Crippen LogP contribution in [0.25, 0.3) is 10.1 Å². The Morgan fingerprint density at radius 3 is 2.92 bits per heavy atom. The van der Waals surface area contributed by atoms with Gasteiger partial charge in [0.1, 0.15) is 5.82 Å². The summed E-state index contributed by atoms with van der Waals surface area (Å²) in [4.78, 5) is 1.13. The zero-order valence-electron chi connectivity index (χ0n) is 6.80. The van der Waals surface area contributed by atoms with Gasteiger partial charge < -0.3 is 0 Å². The van der Waals surface area contributed by atoms with E-state index in [1.54, 1.807) is 17.8 Å². The van der Waals surface area contributed by atoms with Gasteiger partial charge in [0.15, 0.2) is 0 Å². The van der Waals surface area contributed by atoms with Gasteiger partial charge in [-0.25, -0.2) is 4.39 Å². The minimum Gasteiger partial charge on any atom is -0.205 e. The fourth-order valence-corrected chi connectivity index (χ4v) is 3.88. The molecule has 0 aliphatic rings. The van der Waals surface area contributed by atoms with Gasteiger partial charge in [0.25, 0.3) is 0 Å². The van der Waals surface area contributed by atoms with Crippen LogP contribution >= 0.6 is 39.0 Å². The first-order valence-electron chi connectivity index (χ1n) is 3.63. The van der Waals surface area contributed by atoms with Gasteiger partial charge in [-0.2, -0.15) is 0 Å². The van der Waals surface area contributed by atoms with Crippen LogP contribution in [0.15, 0.2) is 26.9 Å². The lowest BCUT2D eigenvalue weighted by atomic mass is 10.2. The van der Waals surface area contributed by atoms with Gasteiger partial charge in [-0.15, -0.1) is 23.1 Å². The van der Waals surface area contributed by atoms with E-state index in [2.05, 4.69) is 15.9 Å². The van der Waals surface area contributed by atoms with Crippen molar-refractivity contribution in [2.24, 2.45) is 0 Å². The zero-order chi connectivity index (χ0) is 9.42. The van der Waals surface area contributed by atoms with Crippen molar-refractivity contribution in [3.63, 3.8) is 0 Å². The van der Waals surface area contributed by atoms with Gasteiger partial charge in [0, 0.05) is 20.1 Å². The van der Waals surface area contributed by atoms with E-state index in [1.165, 1.54) is 17.4 Å². The molecule has 2 aromatic rings. The molecule has 0 atom stereocenters. The molecule has 0 saturated heterocycles. The van der Waals surface area contributed by atoms with E-state index in [0.717, 1.165) is 19.5 Å². The number of hydrogen-bond acceptors (Lipinski definition) is 2. The van der Waals surface area contributed by atoms with Crippen LogP contribution < -0.4 is 0 Å². The molecule has 0 spiro atoms. The number of thioether (sulfide) groups is 1. The maximum absolute atomic E-state index is 13.3. The quantitative estimate of drug-likeness (QED) is 0.690. The summed E-state index contributed by atoms with van der Waals surface area (Å²) in [5.41, 5.74) is 0. The smallest absolute Gasteiger partial charge is 0.141 e. The van der Waals surface area contributed by atoms with Crippen molar-refractivity contribution in [3.8, 4) is 0 Å². The third kappa shape index (κ3) is 1.51. The van der Waals surface area contributed by atoms with Gasteiger partial charge in [-0.05, 0) is 18.4 Å². The van der Waals surface area contributed by atoms with Gasteiger partial charge in [-0.3, -0.25) is 0 Å². The molecule has 0 amide bonds. The molecular weight excluding hydrogens is 271 g/mol. The maximum Gasteiger partial charge on any atom is 0.141 e. The monoisotopic (exact) mass is 276 g/mol. The Balaban J connectivity index is 2.87. The number of thiophene rings is 1. The Kier molecular flexibility index (Phi) is 2.62.